The van der Waals surface area contributed by atoms with Gasteiger partial charge in [-0.05, 0) is 41.5 Å². The Hall–Kier alpha value is -2.69. The highest BCUT2D eigenvalue weighted by Gasteiger charge is 2.08. The summed E-state index contributed by atoms with van der Waals surface area (Å²) < 4.78 is 5.16. The van der Waals surface area contributed by atoms with Crippen molar-refractivity contribution in [2.75, 3.05) is 12.4 Å². The lowest BCUT2D eigenvalue weighted by Gasteiger charge is -2.11. The number of ether oxygens (including phenoxy) is 1. The third-order valence-corrected chi connectivity index (χ3v) is 5.24. The van der Waals surface area contributed by atoms with E-state index in [1.165, 1.54) is 0 Å². The van der Waals surface area contributed by atoms with E-state index >= 15 is 0 Å². The van der Waals surface area contributed by atoms with E-state index in [-0.39, 0.29) is 6.61 Å². The normalized spacial score (nSPS) is 11.2. The number of thioether (sulfide) groups is 1. The fourth-order valence-electron chi connectivity index (χ4n) is 2.68. The second kappa shape index (κ2) is 10.0. The highest BCUT2D eigenvalue weighted by Crippen LogP contribution is 2.30. The first-order chi connectivity index (χ1) is 13.6. The Morgan fingerprint density at radius 2 is 1.64 bits per heavy atom. The molecule has 5 heteroatoms. The Bertz CT molecular complexity index is 953. The summed E-state index contributed by atoms with van der Waals surface area (Å²) in [5.74, 6) is 0.324. The molecular weight excluding hydrogens is 392 g/mol. The van der Waals surface area contributed by atoms with Crippen LogP contribution in [0, 0.1) is 0 Å². The number of carboxylic acids is 1. The van der Waals surface area contributed by atoms with Crippen LogP contribution in [0.3, 0.4) is 0 Å². The van der Waals surface area contributed by atoms with Gasteiger partial charge in [0.2, 0.25) is 0 Å². The molecule has 0 aliphatic heterocycles. The maximum atomic E-state index is 10.6. The fraction of sp³-hybridized carbons (Fsp3) is 0.0870. The second-order valence-corrected chi connectivity index (χ2v) is 7.43. The quantitative estimate of drug-likeness (QED) is 0.461. The van der Waals surface area contributed by atoms with E-state index in [0.29, 0.717) is 5.75 Å². The SMILES string of the molecule is O=C(O)COc1ccc(SC/C=C(\c2ccccc2)c2ccccc2Cl)cc1. The summed E-state index contributed by atoms with van der Waals surface area (Å²) in [7, 11) is 0. The van der Waals surface area contributed by atoms with Crippen LogP contribution in [0.2, 0.25) is 5.02 Å². The van der Waals surface area contributed by atoms with E-state index in [2.05, 4.69) is 18.2 Å². The highest BCUT2D eigenvalue weighted by molar-refractivity contribution is 7.99. The highest BCUT2D eigenvalue weighted by atomic mass is 35.5. The molecule has 0 aliphatic rings. The van der Waals surface area contributed by atoms with Crippen LogP contribution in [0.15, 0.2) is 89.8 Å². The number of rotatable bonds is 8. The lowest BCUT2D eigenvalue weighted by molar-refractivity contribution is -0.139. The molecule has 28 heavy (non-hydrogen) atoms. The Kier molecular flexibility index (Phi) is 7.18. The van der Waals surface area contributed by atoms with Gasteiger partial charge in [-0.2, -0.15) is 0 Å². The van der Waals surface area contributed by atoms with Gasteiger partial charge in [-0.1, -0.05) is 66.2 Å². The molecule has 0 saturated carbocycles. The molecule has 0 spiro atoms. The molecular formula is C23H19ClO3S. The third-order valence-electron chi connectivity index (χ3n) is 3.97. The van der Waals surface area contributed by atoms with Gasteiger partial charge in [-0.3, -0.25) is 0 Å². The second-order valence-electron chi connectivity index (χ2n) is 5.93. The van der Waals surface area contributed by atoms with Crippen molar-refractivity contribution < 1.29 is 14.6 Å². The first kappa shape index (κ1) is 20.1. The molecule has 0 unspecified atom stereocenters. The average molecular weight is 411 g/mol. The van der Waals surface area contributed by atoms with Gasteiger partial charge < -0.3 is 9.84 Å². The number of carboxylic acid groups (broad SMARTS) is 1. The van der Waals surface area contributed by atoms with Crippen molar-refractivity contribution in [1.82, 2.24) is 0 Å². The van der Waals surface area contributed by atoms with Crippen molar-refractivity contribution in [3.63, 3.8) is 0 Å². The van der Waals surface area contributed by atoms with Gasteiger partial charge >= 0.3 is 5.97 Å². The maximum absolute atomic E-state index is 10.6. The van der Waals surface area contributed by atoms with Gasteiger partial charge in [0, 0.05) is 21.2 Å². The summed E-state index contributed by atoms with van der Waals surface area (Å²) in [5.41, 5.74) is 3.22. The predicted octanol–water partition coefficient (Wildman–Crippen LogP) is 6.03. The lowest BCUT2D eigenvalue weighted by Crippen LogP contribution is -2.09. The van der Waals surface area contributed by atoms with Crippen LogP contribution >= 0.6 is 23.4 Å². The van der Waals surface area contributed by atoms with E-state index in [1.54, 1.807) is 23.9 Å². The lowest BCUT2D eigenvalue weighted by atomic mass is 9.98. The summed E-state index contributed by atoms with van der Waals surface area (Å²) in [5, 5.41) is 9.38. The van der Waals surface area contributed by atoms with Crippen molar-refractivity contribution in [3.05, 3.63) is 101 Å². The molecule has 0 aromatic heterocycles. The van der Waals surface area contributed by atoms with Crippen LogP contribution in [0.5, 0.6) is 5.75 Å². The number of hydrogen-bond acceptors (Lipinski definition) is 3. The van der Waals surface area contributed by atoms with Crippen LogP contribution in [-0.4, -0.2) is 23.4 Å². The smallest absolute Gasteiger partial charge is 0.341 e. The van der Waals surface area contributed by atoms with Crippen LogP contribution < -0.4 is 4.74 Å². The standard InChI is InChI=1S/C23H19ClO3S/c24-22-9-5-4-8-21(22)20(17-6-2-1-3-7-17)14-15-28-19-12-10-18(11-13-19)27-16-23(25)26/h1-14H,15-16H2,(H,25,26)/b20-14+. The Labute approximate surface area is 173 Å². The minimum atomic E-state index is -0.989. The molecule has 0 bridgehead atoms. The van der Waals surface area contributed by atoms with Crippen LogP contribution in [-0.2, 0) is 4.79 Å². The maximum Gasteiger partial charge on any atom is 0.341 e. The fourth-order valence-corrected chi connectivity index (χ4v) is 3.69. The van der Waals surface area contributed by atoms with Crippen molar-refractivity contribution in [3.8, 4) is 5.75 Å². The third kappa shape index (κ3) is 5.65. The van der Waals surface area contributed by atoms with E-state index in [4.69, 9.17) is 21.4 Å². The number of carbonyl (C=O) groups is 1. The van der Waals surface area contributed by atoms with E-state index in [0.717, 1.165) is 32.4 Å². The molecule has 3 aromatic rings. The van der Waals surface area contributed by atoms with Crippen molar-refractivity contribution in [2.24, 2.45) is 0 Å². The topological polar surface area (TPSA) is 46.5 Å². The molecule has 0 saturated heterocycles. The predicted molar refractivity (Wildman–Crippen MR) is 115 cm³/mol. The number of aliphatic carboxylic acids is 1. The molecule has 1 N–H and O–H groups in total. The average Bonchev–Trinajstić information content (AvgIpc) is 2.72. The van der Waals surface area contributed by atoms with Crippen LogP contribution in [0.25, 0.3) is 5.57 Å². The largest absolute Gasteiger partial charge is 0.482 e. The van der Waals surface area contributed by atoms with Gasteiger partial charge in [0.1, 0.15) is 5.75 Å². The molecule has 3 rings (SSSR count). The van der Waals surface area contributed by atoms with Crippen molar-refractivity contribution >= 4 is 34.9 Å². The Morgan fingerprint density at radius 3 is 2.32 bits per heavy atom. The summed E-state index contributed by atoms with van der Waals surface area (Å²) in [6.07, 6.45) is 2.18. The van der Waals surface area contributed by atoms with E-state index in [9.17, 15) is 4.79 Å². The van der Waals surface area contributed by atoms with Crippen molar-refractivity contribution in [1.29, 1.82) is 0 Å². The summed E-state index contributed by atoms with van der Waals surface area (Å²) in [6.45, 7) is -0.340. The zero-order valence-corrected chi connectivity index (χ0v) is 16.6. The van der Waals surface area contributed by atoms with Crippen LogP contribution in [0.1, 0.15) is 11.1 Å². The minimum absolute atomic E-state index is 0.340. The minimum Gasteiger partial charge on any atom is -0.482 e. The Morgan fingerprint density at radius 1 is 0.964 bits per heavy atom. The summed E-state index contributed by atoms with van der Waals surface area (Å²) >= 11 is 8.12. The number of halogens is 1. The molecule has 0 atom stereocenters. The molecule has 3 nitrogen and oxygen atoms in total. The van der Waals surface area contributed by atoms with Crippen LogP contribution in [0.4, 0.5) is 0 Å². The van der Waals surface area contributed by atoms with Gasteiger partial charge in [0.15, 0.2) is 6.61 Å². The van der Waals surface area contributed by atoms with Gasteiger partial charge in [-0.25, -0.2) is 4.79 Å². The summed E-state index contributed by atoms with van der Waals surface area (Å²) in [4.78, 5) is 11.6. The molecule has 0 fully saturated rings. The Balaban J connectivity index is 1.74. The molecule has 3 aromatic carbocycles. The first-order valence-electron chi connectivity index (χ1n) is 8.71. The molecule has 0 amide bonds. The summed E-state index contributed by atoms with van der Waals surface area (Å²) in [6, 6.07) is 25.4. The first-order valence-corrected chi connectivity index (χ1v) is 10.1. The number of hydrogen-bond donors (Lipinski definition) is 1. The zero-order valence-electron chi connectivity index (χ0n) is 15.0. The van der Waals surface area contributed by atoms with Gasteiger partial charge in [0.25, 0.3) is 0 Å². The molecule has 142 valence electrons. The number of benzene rings is 3. The molecule has 0 aliphatic carbocycles. The van der Waals surface area contributed by atoms with Gasteiger partial charge in [0.05, 0.1) is 0 Å². The van der Waals surface area contributed by atoms with E-state index < -0.39 is 5.97 Å². The molecule has 0 heterocycles. The zero-order chi connectivity index (χ0) is 19.8. The van der Waals surface area contributed by atoms with Crippen molar-refractivity contribution in [2.45, 2.75) is 4.90 Å². The monoisotopic (exact) mass is 410 g/mol. The van der Waals surface area contributed by atoms with E-state index in [1.807, 2.05) is 54.6 Å². The molecule has 0 radical (unpaired) electrons. The van der Waals surface area contributed by atoms with Gasteiger partial charge in [-0.15, -0.1) is 11.8 Å².